The van der Waals surface area contributed by atoms with E-state index in [1.807, 2.05) is 18.2 Å². The van der Waals surface area contributed by atoms with E-state index >= 15 is 0 Å². The zero-order chi connectivity index (χ0) is 13.2. The van der Waals surface area contributed by atoms with Gasteiger partial charge in [-0.05, 0) is 5.56 Å². The van der Waals surface area contributed by atoms with Crippen molar-refractivity contribution in [2.45, 2.75) is 12.5 Å². The van der Waals surface area contributed by atoms with Crippen molar-refractivity contribution < 1.29 is 14.6 Å². The van der Waals surface area contributed by atoms with Crippen LogP contribution < -0.4 is 9.47 Å². The number of para-hydroxylation sites is 1. The second kappa shape index (κ2) is 4.85. The smallest absolute Gasteiger partial charge is 0.216 e. The van der Waals surface area contributed by atoms with Crippen LogP contribution in [0.5, 0.6) is 11.6 Å². The normalized spacial score (nSPS) is 14.6. The molecule has 1 aromatic carbocycles. The Kier molecular flexibility index (Phi) is 3.05. The average Bonchev–Trinajstić information content (AvgIpc) is 2.95. The number of benzene rings is 1. The number of fused-ring (bicyclic) bond motifs is 1. The van der Waals surface area contributed by atoms with E-state index in [1.54, 1.807) is 6.07 Å². The van der Waals surface area contributed by atoms with Crippen LogP contribution in [0.3, 0.4) is 0 Å². The number of hydrogen-bond donors (Lipinski definition) is 1. The van der Waals surface area contributed by atoms with E-state index in [9.17, 15) is 5.11 Å². The van der Waals surface area contributed by atoms with Crippen LogP contribution in [0.4, 0.5) is 0 Å². The van der Waals surface area contributed by atoms with Gasteiger partial charge in [0.2, 0.25) is 5.88 Å². The van der Waals surface area contributed by atoms with Gasteiger partial charge in [0, 0.05) is 18.1 Å². The van der Waals surface area contributed by atoms with Crippen molar-refractivity contribution in [1.29, 1.82) is 0 Å². The molecular formula is C14H14N2O3. The summed E-state index contributed by atoms with van der Waals surface area (Å²) in [6.07, 6.45) is 1.41. The van der Waals surface area contributed by atoms with Crippen LogP contribution in [0.25, 0.3) is 0 Å². The molecule has 19 heavy (non-hydrogen) atoms. The zero-order valence-corrected chi connectivity index (χ0v) is 10.5. The molecule has 1 N–H and O–H groups in total. The molecule has 0 saturated carbocycles. The van der Waals surface area contributed by atoms with Crippen molar-refractivity contribution in [3.05, 3.63) is 47.4 Å². The molecule has 0 amide bonds. The van der Waals surface area contributed by atoms with Gasteiger partial charge in [-0.3, -0.25) is 0 Å². The van der Waals surface area contributed by atoms with Gasteiger partial charge in [-0.15, -0.1) is 0 Å². The fourth-order valence-electron chi connectivity index (χ4n) is 2.23. The van der Waals surface area contributed by atoms with Gasteiger partial charge in [-0.25, -0.2) is 9.97 Å². The van der Waals surface area contributed by atoms with E-state index in [2.05, 4.69) is 9.97 Å². The van der Waals surface area contributed by atoms with Crippen LogP contribution >= 0.6 is 0 Å². The van der Waals surface area contributed by atoms with E-state index in [0.717, 1.165) is 23.3 Å². The molecule has 2 heterocycles. The van der Waals surface area contributed by atoms with Crippen molar-refractivity contribution in [2.24, 2.45) is 0 Å². The number of methoxy groups -OCH3 is 1. The molecule has 0 bridgehead atoms. The Bertz CT molecular complexity index is 601. The lowest BCUT2D eigenvalue weighted by Crippen LogP contribution is -2.05. The quantitative estimate of drug-likeness (QED) is 0.903. The molecule has 1 aromatic heterocycles. The van der Waals surface area contributed by atoms with Gasteiger partial charge < -0.3 is 14.6 Å². The largest absolute Gasteiger partial charge is 0.493 e. The number of aliphatic hydroxyl groups is 1. The van der Waals surface area contributed by atoms with E-state index in [-0.39, 0.29) is 0 Å². The molecule has 0 saturated heterocycles. The summed E-state index contributed by atoms with van der Waals surface area (Å²) in [6.45, 7) is 0.659. The molecule has 5 nitrogen and oxygen atoms in total. The Morgan fingerprint density at radius 1 is 1.37 bits per heavy atom. The SMILES string of the molecule is COc1cc(C(O)c2cccc3c2OCC3)ncn1. The standard InChI is InChI=1S/C14H14N2O3/c1-18-12-7-11(15-8-16-12)13(17)10-4-2-3-9-5-6-19-14(9)10/h2-4,7-8,13,17H,5-6H2,1H3. The highest BCUT2D eigenvalue weighted by atomic mass is 16.5. The predicted molar refractivity (Wildman–Crippen MR) is 68.3 cm³/mol. The first kappa shape index (κ1) is 11.9. The van der Waals surface area contributed by atoms with E-state index in [1.165, 1.54) is 13.4 Å². The Hall–Kier alpha value is -2.14. The second-order valence-corrected chi connectivity index (χ2v) is 4.32. The summed E-state index contributed by atoms with van der Waals surface area (Å²) >= 11 is 0. The third kappa shape index (κ3) is 2.13. The fourth-order valence-corrected chi connectivity index (χ4v) is 2.23. The predicted octanol–water partition coefficient (Wildman–Crippen LogP) is 1.50. The molecule has 0 fully saturated rings. The zero-order valence-electron chi connectivity index (χ0n) is 10.5. The molecule has 2 aromatic rings. The molecular weight excluding hydrogens is 244 g/mol. The molecule has 0 aliphatic carbocycles. The van der Waals surface area contributed by atoms with Crippen molar-refractivity contribution in [3.63, 3.8) is 0 Å². The molecule has 1 unspecified atom stereocenters. The Labute approximate surface area is 110 Å². The first-order valence-corrected chi connectivity index (χ1v) is 6.08. The summed E-state index contributed by atoms with van der Waals surface area (Å²) in [4.78, 5) is 8.02. The van der Waals surface area contributed by atoms with E-state index in [4.69, 9.17) is 9.47 Å². The second-order valence-electron chi connectivity index (χ2n) is 4.32. The summed E-state index contributed by atoms with van der Waals surface area (Å²) in [7, 11) is 1.53. The first-order valence-electron chi connectivity index (χ1n) is 6.08. The van der Waals surface area contributed by atoms with Crippen LogP contribution in [0.2, 0.25) is 0 Å². The fraction of sp³-hybridized carbons (Fsp3) is 0.286. The van der Waals surface area contributed by atoms with Gasteiger partial charge in [-0.2, -0.15) is 0 Å². The number of aromatic nitrogens is 2. The highest BCUT2D eigenvalue weighted by molar-refractivity contribution is 5.47. The number of rotatable bonds is 3. The molecule has 0 radical (unpaired) electrons. The maximum atomic E-state index is 10.5. The lowest BCUT2D eigenvalue weighted by atomic mass is 10.0. The molecule has 1 aliphatic heterocycles. The van der Waals surface area contributed by atoms with Gasteiger partial charge in [0.25, 0.3) is 0 Å². The topological polar surface area (TPSA) is 64.5 Å². The minimum Gasteiger partial charge on any atom is -0.493 e. The van der Waals surface area contributed by atoms with Crippen molar-refractivity contribution in [3.8, 4) is 11.6 Å². The first-order chi connectivity index (χ1) is 9.29. The van der Waals surface area contributed by atoms with Crippen LogP contribution in [-0.4, -0.2) is 28.8 Å². The number of ether oxygens (including phenoxy) is 2. The van der Waals surface area contributed by atoms with Crippen LogP contribution in [0.15, 0.2) is 30.6 Å². The number of nitrogens with zero attached hydrogens (tertiary/aromatic N) is 2. The summed E-state index contributed by atoms with van der Waals surface area (Å²) in [5.74, 6) is 1.20. The van der Waals surface area contributed by atoms with Gasteiger partial charge in [0.15, 0.2) is 0 Å². The Morgan fingerprint density at radius 3 is 3.11 bits per heavy atom. The van der Waals surface area contributed by atoms with Gasteiger partial charge >= 0.3 is 0 Å². The maximum Gasteiger partial charge on any atom is 0.216 e. The number of hydrogen-bond acceptors (Lipinski definition) is 5. The van der Waals surface area contributed by atoms with Crippen molar-refractivity contribution in [1.82, 2.24) is 9.97 Å². The molecule has 0 spiro atoms. The highest BCUT2D eigenvalue weighted by Gasteiger charge is 2.22. The molecule has 1 atom stereocenters. The third-order valence-electron chi connectivity index (χ3n) is 3.19. The van der Waals surface area contributed by atoms with Crippen molar-refractivity contribution in [2.75, 3.05) is 13.7 Å². The Morgan fingerprint density at radius 2 is 2.26 bits per heavy atom. The lowest BCUT2D eigenvalue weighted by molar-refractivity contribution is 0.208. The van der Waals surface area contributed by atoms with Crippen LogP contribution in [0.1, 0.15) is 22.9 Å². The lowest BCUT2D eigenvalue weighted by Gasteiger charge is -2.14. The minimum atomic E-state index is -0.843. The van der Waals surface area contributed by atoms with Crippen molar-refractivity contribution >= 4 is 0 Å². The Balaban J connectivity index is 2.00. The summed E-state index contributed by atoms with van der Waals surface area (Å²) in [5.41, 5.74) is 2.35. The van der Waals surface area contributed by atoms with E-state index < -0.39 is 6.10 Å². The van der Waals surface area contributed by atoms with Crippen LogP contribution in [0, 0.1) is 0 Å². The van der Waals surface area contributed by atoms with Gasteiger partial charge in [-0.1, -0.05) is 18.2 Å². The van der Waals surface area contributed by atoms with Gasteiger partial charge in [0.1, 0.15) is 18.2 Å². The highest BCUT2D eigenvalue weighted by Crippen LogP contribution is 2.35. The number of aliphatic hydroxyl groups excluding tert-OH is 1. The molecule has 5 heteroatoms. The minimum absolute atomic E-state index is 0.428. The molecule has 98 valence electrons. The van der Waals surface area contributed by atoms with Gasteiger partial charge in [0.05, 0.1) is 19.4 Å². The summed E-state index contributed by atoms with van der Waals surface area (Å²) < 4.78 is 10.6. The summed E-state index contributed by atoms with van der Waals surface area (Å²) in [6, 6.07) is 7.41. The molecule has 1 aliphatic rings. The third-order valence-corrected chi connectivity index (χ3v) is 3.19. The van der Waals surface area contributed by atoms with E-state index in [0.29, 0.717) is 18.2 Å². The monoisotopic (exact) mass is 258 g/mol. The summed E-state index contributed by atoms with van der Waals surface area (Å²) in [5, 5.41) is 10.5. The maximum absolute atomic E-state index is 10.5. The van der Waals surface area contributed by atoms with Crippen LogP contribution in [-0.2, 0) is 6.42 Å². The average molecular weight is 258 g/mol. The molecule has 3 rings (SSSR count).